The number of hydrogen-bond acceptors (Lipinski definition) is 7. The summed E-state index contributed by atoms with van der Waals surface area (Å²) in [6.45, 7) is 0. The minimum absolute atomic E-state index is 0.0307. The van der Waals surface area contributed by atoms with Crippen molar-refractivity contribution in [2.24, 2.45) is 0 Å². The number of rotatable bonds is 10. The van der Waals surface area contributed by atoms with Crippen LogP contribution in [0.3, 0.4) is 0 Å². The first-order valence-corrected chi connectivity index (χ1v) is 31.9. The number of nitrogens with zero attached hydrogens (tertiary/aromatic N) is 10. The monoisotopic (exact) mass is 1200 g/mol. The van der Waals surface area contributed by atoms with E-state index < -0.39 is 0 Å². The SMILES string of the molecule is C1=CC2c3ccccc3N(c3cccc(-c4ccccc4-c4ccc(-n5c6ccccc6c6ccc7c8ccccc8n(-c8nc(-c9ccccc9)nc(-c9ccccc9)n8)c7c65)cc4)c3)C2c2c1c1ccccc1n2-c1nc(-c2ccccc2)nc(-c2ccccc2)n1. The van der Waals surface area contributed by atoms with Gasteiger partial charge in [-0.3, -0.25) is 9.13 Å². The van der Waals surface area contributed by atoms with Gasteiger partial charge in [-0.05, 0) is 76.3 Å². The molecule has 2 unspecified atom stereocenters. The van der Waals surface area contributed by atoms with Crippen molar-refractivity contribution in [3.05, 3.63) is 326 Å². The number of anilines is 2. The van der Waals surface area contributed by atoms with Crippen molar-refractivity contribution in [3.63, 3.8) is 0 Å². The largest absolute Gasteiger partial charge is 0.331 e. The van der Waals surface area contributed by atoms with Gasteiger partial charge < -0.3 is 9.47 Å². The molecule has 6 heterocycles. The van der Waals surface area contributed by atoms with Crippen molar-refractivity contribution in [3.8, 4) is 85.4 Å². The molecule has 0 saturated carbocycles. The minimum Gasteiger partial charge on any atom is -0.331 e. The summed E-state index contributed by atoms with van der Waals surface area (Å²) in [4.78, 5) is 34.2. The van der Waals surface area contributed by atoms with Crippen LogP contribution in [0.4, 0.5) is 11.4 Å². The standard InChI is InChI=1S/C84H54N10/c1-5-24-54(25-6-1)79-85-80(55-26-7-2-8-27-55)88-83(87-79)93-73-42-21-17-38-65(73)69-50-48-67-63-36-15-19-40-71(63)91(75(67)77(69)93)59-46-44-53(45-47-59)61-34-13-14-35-62(61)58-32-23-33-60(52-58)92-72-41-20-16-37-64(72)68-49-51-70-66-39-18-22-43-74(66)94(78(70)76(68)92)84-89-81(56-28-9-3-10-29-56)86-82(90-84)57-30-11-4-12-31-57/h1-52,68,76H. The summed E-state index contributed by atoms with van der Waals surface area (Å²) >= 11 is 0. The van der Waals surface area contributed by atoms with E-state index in [-0.39, 0.29) is 12.0 Å². The van der Waals surface area contributed by atoms with Crippen LogP contribution in [0.1, 0.15) is 28.8 Å². The van der Waals surface area contributed by atoms with Crippen LogP contribution in [0.5, 0.6) is 0 Å². The molecule has 0 bridgehead atoms. The average molecular weight is 1200 g/mol. The Bertz CT molecular complexity index is 5760. The van der Waals surface area contributed by atoms with Gasteiger partial charge in [-0.15, -0.1) is 0 Å². The van der Waals surface area contributed by atoms with Gasteiger partial charge in [0.1, 0.15) is 0 Å². The van der Waals surface area contributed by atoms with E-state index in [1.54, 1.807) is 0 Å². The molecule has 440 valence electrons. The highest BCUT2D eigenvalue weighted by Crippen LogP contribution is 2.58. The highest BCUT2D eigenvalue weighted by atomic mass is 15.3. The van der Waals surface area contributed by atoms with E-state index in [1.165, 1.54) is 11.3 Å². The third-order valence-electron chi connectivity index (χ3n) is 18.9. The van der Waals surface area contributed by atoms with Crippen LogP contribution in [0.15, 0.2) is 309 Å². The van der Waals surface area contributed by atoms with Crippen LogP contribution >= 0.6 is 0 Å². The van der Waals surface area contributed by atoms with E-state index in [0.29, 0.717) is 35.2 Å². The predicted molar refractivity (Wildman–Crippen MR) is 381 cm³/mol. The van der Waals surface area contributed by atoms with Gasteiger partial charge in [0.25, 0.3) is 0 Å². The molecule has 2 atom stereocenters. The van der Waals surface area contributed by atoms with Gasteiger partial charge in [0.15, 0.2) is 23.3 Å². The van der Waals surface area contributed by atoms with Crippen LogP contribution in [-0.4, -0.2) is 43.6 Å². The number of hydrogen-bond donors (Lipinski definition) is 0. The Morgan fingerprint density at radius 3 is 1.29 bits per heavy atom. The van der Waals surface area contributed by atoms with Gasteiger partial charge in [-0.1, -0.05) is 267 Å². The van der Waals surface area contributed by atoms with Crippen LogP contribution in [0, 0.1) is 0 Å². The van der Waals surface area contributed by atoms with Crippen LogP contribution < -0.4 is 4.90 Å². The molecule has 0 saturated heterocycles. The first kappa shape index (κ1) is 53.2. The van der Waals surface area contributed by atoms with Gasteiger partial charge in [-0.25, -0.2) is 9.97 Å². The quantitative estimate of drug-likeness (QED) is 0.135. The second-order valence-corrected chi connectivity index (χ2v) is 24.1. The average Bonchev–Trinajstić information content (AvgIpc) is 1.55. The fourth-order valence-electron chi connectivity index (χ4n) is 14.8. The van der Waals surface area contributed by atoms with E-state index in [4.69, 9.17) is 29.9 Å². The molecule has 5 aromatic heterocycles. The Hall–Kier alpha value is -12.7. The van der Waals surface area contributed by atoms with Gasteiger partial charge in [0.05, 0.1) is 39.3 Å². The number of aromatic nitrogens is 9. The second kappa shape index (κ2) is 21.5. The van der Waals surface area contributed by atoms with Crippen molar-refractivity contribution in [2.45, 2.75) is 12.0 Å². The molecule has 17 aromatic rings. The molecule has 2 aliphatic rings. The molecule has 1 aliphatic carbocycles. The topological polar surface area (TPSA) is 95.4 Å². The van der Waals surface area contributed by atoms with Crippen molar-refractivity contribution < 1.29 is 0 Å². The van der Waals surface area contributed by atoms with Gasteiger partial charge >= 0.3 is 0 Å². The summed E-state index contributed by atoms with van der Waals surface area (Å²) in [5, 5.41) is 5.66. The minimum atomic E-state index is -0.154. The molecule has 10 nitrogen and oxygen atoms in total. The highest BCUT2D eigenvalue weighted by Gasteiger charge is 2.45. The summed E-state index contributed by atoms with van der Waals surface area (Å²) < 4.78 is 7.00. The summed E-state index contributed by atoms with van der Waals surface area (Å²) in [6.07, 6.45) is 4.73. The lowest BCUT2D eigenvalue weighted by Crippen LogP contribution is -2.26. The molecule has 10 heteroatoms. The molecule has 0 spiro atoms. The predicted octanol–water partition coefficient (Wildman–Crippen LogP) is 20.2. The van der Waals surface area contributed by atoms with E-state index in [9.17, 15) is 0 Å². The molecule has 94 heavy (non-hydrogen) atoms. The van der Waals surface area contributed by atoms with Crippen molar-refractivity contribution in [1.29, 1.82) is 0 Å². The maximum atomic E-state index is 5.38. The number of fused-ring (bicyclic) bond motifs is 14. The maximum Gasteiger partial charge on any atom is 0.238 e. The normalized spacial score (nSPS) is 14.1. The third kappa shape index (κ3) is 8.43. The summed E-state index contributed by atoms with van der Waals surface area (Å²) in [5.41, 5.74) is 20.3. The second-order valence-electron chi connectivity index (χ2n) is 24.1. The Balaban J connectivity index is 0.746. The Kier molecular flexibility index (Phi) is 12.2. The first-order chi connectivity index (χ1) is 46.6. The summed E-state index contributed by atoms with van der Waals surface area (Å²) in [7, 11) is 0. The van der Waals surface area contributed by atoms with E-state index in [0.717, 1.165) is 122 Å². The summed E-state index contributed by atoms with van der Waals surface area (Å²) in [5.74, 6) is 3.60. The lowest BCUT2D eigenvalue weighted by molar-refractivity contribution is 0.630. The molecule has 0 fully saturated rings. The fraction of sp³-hybridized carbons (Fsp3) is 0.0238. The fourth-order valence-corrected chi connectivity index (χ4v) is 14.8. The van der Waals surface area contributed by atoms with Crippen LogP contribution in [-0.2, 0) is 0 Å². The lowest BCUT2D eigenvalue weighted by Gasteiger charge is -2.33. The lowest BCUT2D eigenvalue weighted by atomic mass is 9.86. The summed E-state index contributed by atoms with van der Waals surface area (Å²) in [6, 6.07) is 107. The Morgan fingerprint density at radius 2 is 0.723 bits per heavy atom. The van der Waals surface area contributed by atoms with E-state index in [2.05, 4.69) is 261 Å². The molecule has 1 aliphatic heterocycles. The van der Waals surface area contributed by atoms with Crippen LogP contribution in [0.25, 0.3) is 146 Å². The van der Waals surface area contributed by atoms with Gasteiger partial charge in [-0.2, -0.15) is 19.9 Å². The molecule has 0 amide bonds. The van der Waals surface area contributed by atoms with Crippen LogP contribution in [0.2, 0.25) is 0 Å². The third-order valence-corrected chi connectivity index (χ3v) is 18.9. The zero-order valence-electron chi connectivity index (χ0n) is 50.6. The molecule has 0 N–H and O–H groups in total. The van der Waals surface area contributed by atoms with Gasteiger partial charge in [0.2, 0.25) is 11.9 Å². The maximum absolute atomic E-state index is 5.38. The van der Waals surface area contributed by atoms with Crippen molar-refractivity contribution in [2.75, 3.05) is 4.90 Å². The van der Waals surface area contributed by atoms with Crippen molar-refractivity contribution in [1.82, 2.24) is 43.6 Å². The van der Waals surface area contributed by atoms with Gasteiger partial charge in [0, 0.05) is 77.7 Å². The molecule has 12 aromatic carbocycles. The molecular weight excluding hydrogens is 1150 g/mol. The molecular formula is C84H54N10. The zero-order chi connectivity index (χ0) is 61.8. The Morgan fingerprint density at radius 1 is 0.287 bits per heavy atom. The zero-order valence-corrected chi connectivity index (χ0v) is 50.6. The highest BCUT2D eigenvalue weighted by molar-refractivity contribution is 6.23. The smallest absolute Gasteiger partial charge is 0.238 e. The molecule has 19 rings (SSSR count). The number of benzene rings is 12. The molecule has 0 radical (unpaired) electrons. The Labute approximate surface area is 541 Å². The van der Waals surface area contributed by atoms with Crippen molar-refractivity contribution >= 4 is 72.0 Å². The van der Waals surface area contributed by atoms with E-state index >= 15 is 0 Å². The van der Waals surface area contributed by atoms with E-state index in [1.807, 2.05) is 72.8 Å². The number of para-hydroxylation sites is 4. The first-order valence-electron chi connectivity index (χ1n) is 31.9.